The molecule has 0 saturated heterocycles. The summed E-state index contributed by atoms with van der Waals surface area (Å²) in [7, 11) is 0. The molecule has 28 heavy (non-hydrogen) atoms. The van der Waals surface area contributed by atoms with Gasteiger partial charge in [-0.2, -0.15) is 0 Å². The first-order valence-corrected chi connectivity index (χ1v) is 9.91. The molecular formula is C22H20N2O3S. The van der Waals surface area contributed by atoms with E-state index in [2.05, 4.69) is 10.6 Å². The summed E-state index contributed by atoms with van der Waals surface area (Å²) in [5.74, 6) is 0.0643. The van der Waals surface area contributed by atoms with Crippen molar-refractivity contribution in [2.24, 2.45) is 0 Å². The van der Waals surface area contributed by atoms with Crippen molar-refractivity contribution in [2.75, 3.05) is 11.6 Å². The van der Waals surface area contributed by atoms with Crippen LogP contribution in [0, 0.1) is 0 Å². The van der Waals surface area contributed by atoms with Crippen molar-refractivity contribution in [2.45, 2.75) is 11.4 Å². The van der Waals surface area contributed by atoms with Gasteiger partial charge in [0, 0.05) is 11.0 Å². The lowest BCUT2D eigenvalue weighted by Gasteiger charge is -2.10. The van der Waals surface area contributed by atoms with Gasteiger partial charge < -0.3 is 15.1 Å². The minimum absolute atomic E-state index is 0.278. The normalized spacial score (nSPS) is 10.8. The molecule has 6 heteroatoms. The lowest BCUT2D eigenvalue weighted by molar-refractivity contribution is -0.111. The van der Waals surface area contributed by atoms with Gasteiger partial charge in [0.05, 0.1) is 24.1 Å². The first-order valence-electron chi connectivity index (χ1n) is 8.68. The summed E-state index contributed by atoms with van der Waals surface area (Å²) in [4.78, 5) is 25.9. The number of hydrogen-bond acceptors (Lipinski definition) is 4. The van der Waals surface area contributed by atoms with Crippen molar-refractivity contribution in [3.05, 3.63) is 89.9 Å². The molecule has 0 bridgehead atoms. The summed E-state index contributed by atoms with van der Waals surface area (Å²) in [5, 5.41) is 5.54. The number of nitrogens with one attached hydrogen (secondary N) is 2. The molecule has 0 fully saturated rings. The predicted octanol–water partition coefficient (Wildman–Crippen LogP) is 4.58. The van der Waals surface area contributed by atoms with E-state index in [0.717, 1.165) is 10.5 Å². The molecule has 0 atom stereocenters. The van der Waals surface area contributed by atoms with Crippen LogP contribution in [0.1, 0.15) is 21.7 Å². The van der Waals surface area contributed by atoms with E-state index in [1.54, 1.807) is 60.5 Å². The number of thioether (sulfide) groups is 1. The molecule has 0 spiro atoms. The van der Waals surface area contributed by atoms with E-state index in [9.17, 15) is 9.59 Å². The summed E-state index contributed by atoms with van der Waals surface area (Å²) in [6, 6.07) is 18.3. The smallest absolute Gasteiger partial charge is 0.253 e. The number of benzene rings is 2. The largest absolute Gasteiger partial charge is 0.467 e. The average molecular weight is 392 g/mol. The van der Waals surface area contributed by atoms with Gasteiger partial charge in [0.25, 0.3) is 5.91 Å². The standard InChI is InChI=1S/C22H20N2O3S/c1-28-18-11-8-16(9-12-18)10-13-21(25)24-20-7-3-2-6-19(20)22(26)23-15-17-5-4-14-27-17/h2-14H,15H2,1H3,(H,23,26)(H,24,25)/b13-10+. The van der Waals surface area contributed by atoms with Crippen molar-refractivity contribution in [3.63, 3.8) is 0 Å². The molecule has 1 heterocycles. The highest BCUT2D eigenvalue weighted by atomic mass is 32.2. The zero-order valence-corrected chi connectivity index (χ0v) is 16.2. The Morgan fingerprint density at radius 3 is 2.54 bits per heavy atom. The summed E-state index contributed by atoms with van der Waals surface area (Å²) >= 11 is 1.66. The Balaban J connectivity index is 1.63. The quantitative estimate of drug-likeness (QED) is 0.456. The molecule has 2 amide bonds. The van der Waals surface area contributed by atoms with Crippen molar-refractivity contribution in [1.82, 2.24) is 5.32 Å². The highest BCUT2D eigenvalue weighted by Crippen LogP contribution is 2.17. The number of hydrogen-bond donors (Lipinski definition) is 2. The van der Waals surface area contributed by atoms with Gasteiger partial charge in [0.2, 0.25) is 5.91 Å². The molecule has 0 saturated carbocycles. The van der Waals surface area contributed by atoms with Crippen LogP contribution in [-0.4, -0.2) is 18.1 Å². The second kappa shape index (κ2) is 9.62. The predicted molar refractivity (Wildman–Crippen MR) is 112 cm³/mol. The van der Waals surface area contributed by atoms with Crippen molar-refractivity contribution in [3.8, 4) is 0 Å². The molecule has 1 aromatic heterocycles. The zero-order valence-electron chi connectivity index (χ0n) is 15.3. The third-order valence-corrected chi connectivity index (χ3v) is 4.72. The maximum absolute atomic E-state index is 12.5. The van der Waals surface area contributed by atoms with Crippen LogP contribution in [-0.2, 0) is 11.3 Å². The Labute approximate surface area is 167 Å². The molecule has 3 aromatic rings. The van der Waals surface area contributed by atoms with Gasteiger partial charge in [0.15, 0.2) is 0 Å². The average Bonchev–Trinajstić information content (AvgIpc) is 3.25. The van der Waals surface area contributed by atoms with E-state index in [-0.39, 0.29) is 18.4 Å². The van der Waals surface area contributed by atoms with Gasteiger partial charge in [-0.1, -0.05) is 24.3 Å². The van der Waals surface area contributed by atoms with E-state index in [4.69, 9.17) is 4.42 Å². The molecular weight excluding hydrogens is 372 g/mol. The Morgan fingerprint density at radius 1 is 1.04 bits per heavy atom. The van der Waals surface area contributed by atoms with E-state index in [1.165, 1.54) is 6.08 Å². The van der Waals surface area contributed by atoms with Crippen LogP contribution in [0.15, 0.2) is 82.3 Å². The zero-order chi connectivity index (χ0) is 19.8. The van der Waals surface area contributed by atoms with Crippen LogP contribution in [0.5, 0.6) is 0 Å². The number of amides is 2. The fourth-order valence-electron chi connectivity index (χ4n) is 2.53. The summed E-state index contributed by atoms with van der Waals surface area (Å²) in [6.45, 7) is 0.278. The number of carbonyl (C=O) groups excluding carboxylic acids is 2. The van der Waals surface area contributed by atoms with E-state index in [1.807, 2.05) is 30.5 Å². The monoisotopic (exact) mass is 392 g/mol. The molecule has 0 aliphatic heterocycles. The molecule has 0 unspecified atom stereocenters. The fourth-order valence-corrected chi connectivity index (χ4v) is 2.94. The molecule has 3 rings (SSSR count). The first-order chi connectivity index (χ1) is 13.7. The Morgan fingerprint density at radius 2 is 1.82 bits per heavy atom. The third kappa shape index (κ3) is 5.37. The van der Waals surface area contributed by atoms with E-state index >= 15 is 0 Å². The number of anilines is 1. The van der Waals surface area contributed by atoms with Crippen LogP contribution in [0.3, 0.4) is 0 Å². The van der Waals surface area contributed by atoms with Crippen LogP contribution in [0.2, 0.25) is 0 Å². The minimum Gasteiger partial charge on any atom is -0.467 e. The Bertz CT molecular complexity index is 964. The highest BCUT2D eigenvalue weighted by molar-refractivity contribution is 7.98. The van der Waals surface area contributed by atoms with Crippen molar-refractivity contribution < 1.29 is 14.0 Å². The first kappa shape index (κ1) is 19.5. The second-order valence-corrected chi connectivity index (χ2v) is 6.78. The molecule has 142 valence electrons. The summed E-state index contributed by atoms with van der Waals surface area (Å²) in [6.07, 6.45) is 6.75. The van der Waals surface area contributed by atoms with Gasteiger partial charge in [-0.05, 0) is 54.3 Å². The van der Waals surface area contributed by atoms with E-state index < -0.39 is 0 Å². The SMILES string of the molecule is CSc1ccc(/C=C/C(=O)Nc2ccccc2C(=O)NCc2ccco2)cc1. The lowest BCUT2D eigenvalue weighted by Crippen LogP contribution is -2.24. The number of carbonyl (C=O) groups is 2. The Hall–Kier alpha value is -3.25. The van der Waals surface area contributed by atoms with Crippen molar-refractivity contribution >= 4 is 35.3 Å². The number of furan rings is 1. The van der Waals surface area contributed by atoms with Crippen LogP contribution in [0.4, 0.5) is 5.69 Å². The molecule has 2 aromatic carbocycles. The minimum atomic E-state index is -0.305. The van der Waals surface area contributed by atoms with Gasteiger partial charge in [-0.3, -0.25) is 9.59 Å². The molecule has 0 radical (unpaired) electrons. The fraction of sp³-hybridized carbons (Fsp3) is 0.0909. The lowest BCUT2D eigenvalue weighted by atomic mass is 10.1. The maximum atomic E-state index is 12.5. The molecule has 2 N–H and O–H groups in total. The van der Waals surface area contributed by atoms with Crippen molar-refractivity contribution in [1.29, 1.82) is 0 Å². The van der Waals surface area contributed by atoms with Crippen LogP contribution < -0.4 is 10.6 Å². The third-order valence-electron chi connectivity index (χ3n) is 3.98. The molecule has 0 aliphatic carbocycles. The molecule has 5 nitrogen and oxygen atoms in total. The summed E-state index contributed by atoms with van der Waals surface area (Å²) < 4.78 is 5.21. The van der Waals surface area contributed by atoms with Gasteiger partial charge >= 0.3 is 0 Å². The van der Waals surface area contributed by atoms with Crippen LogP contribution in [0.25, 0.3) is 6.08 Å². The maximum Gasteiger partial charge on any atom is 0.253 e. The van der Waals surface area contributed by atoms with Gasteiger partial charge in [-0.25, -0.2) is 0 Å². The van der Waals surface area contributed by atoms with Crippen LogP contribution >= 0.6 is 11.8 Å². The van der Waals surface area contributed by atoms with Gasteiger partial charge in [0.1, 0.15) is 5.76 Å². The highest BCUT2D eigenvalue weighted by Gasteiger charge is 2.12. The van der Waals surface area contributed by atoms with Gasteiger partial charge in [-0.15, -0.1) is 11.8 Å². The number of para-hydroxylation sites is 1. The topological polar surface area (TPSA) is 71.3 Å². The summed E-state index contributed by atoms with van der Waals surface area (Å²) in [5.41, 5.74) is 1.77. The second-order valence-electron chi connectivity index (χ2n) is 5.90. The number of rotatable bonds is 7. The Kier molecular flexibility index (Phi) is 6.70. The van der Waals surface area contributed by atoms with E-state index in [0.29, 0.717) is 17.0 Å². The molecule has 0 aliphatic rings.